The Kier molecular flexibility index (Phi) is 6.16. The quantitative estimate of drug-likeness (QED) is 0.699. The lowest BCUT2D eigenvalue weighted by Gasteiger charge is -2.23. The first-order chi connectivity index (χ1) is 14.2. The zero-order valence-corrected chi connectivity index (χ0v) is 16.8. The van der Waals surface area contributed by atoms with Crippen molar-refractivity contribution in [2.45, 2.75) is 30.7 Å². The van der Waals surface area contributed by atoms with Crippen molar-refractivity contribution in [3.8, 4) is 0 Å². The first-order valence-corrected chi connectivity index (χ1v) is 10.6. The highest BCUT2D eigenvalue weighted by Crippen LogP contribution is 2.28. The van der Waals surface area contributed by atoms with Gasteiger partial charge in [-0.25, -0.2) is 21.9 Å². The predicted octanol–water partition coefficient (Wildman–Crippen LogP) is 2.32. The Morgan fingerprint density at radius 1 is 1.13 bits per heavy atom. The molecule has 30 heavy (non-hydrogen) atoms. The van der Waals surface area contributed by atoms with Crippen molar-refractivity contribution in [3.63, 3.8) is 0 Å². The number of esters is 1. The molecule has 0 saturated carbocycles. The SMILES string of the molecule is CCOC(=O)c1ccc(NC(=O)C2CCC(=O)N2S(=O)(=O)c2ccc(F)cc2)cc1. The molecule has 158 valence electrons. The fourth-order valence-corrected chi connectivity index (χ4v) is 4.65. The Morgan fingerprint density at radius 3 is 2.37 bits per heavy atom. The minimum atomic E-state index is -4.32. The molecule has 0 aliphatic carbocycles. The van der Waals surface area contributed by atoms with Gasteiger partial charge in [0, 0.05) is 12.1 Å². The third-order valence-corrected chi connectivity index (χ3v) is 6.34. The third kappa shape index (κ3) is 4.33. The number of amides is 2. The molecule has 0 spiro atoms. The van der Waals surface area contributed by atoms with Gasteiger partial charge in [0.25, 0.3) is 10.0 Å². The van der Waals surface area contributed by atoms with Crippen LogP contribution in [-0.4, -0.2) is 43.2 Å². The van der Waals surface area contributed by atoms with Gasteiger partial charge in [0.2, 0.25) is 11.8 Å². The molecule has 10 heteroatoms. The number of hydrogen-bond acceptors (Lipinski definition) is 6. The lowest BCUT2D eigenvalue weighted by atomic mass is 10.2. The van der Waals surface area contributed by atoms with Crippen molar-refractivity contribution in [2.24, 2.45) is 0 Å². The molecule has 0 radical (unpaired) electrons. The minimum absolute atomic E-state index is 0.0198. The van der Waals surface area contributed by atoms with Crippen LogP contribution >= 0.6 is 0 Å². The monoisotopic (exact) mass is 434 g/mol. The summed E-state index contributed by atoms with van der Waals surface area (Å²) in [6.07, 6.45) is -0.0910. The van der Waals surface area contributed by atoms with Crippen LogP contribution in [0.15, 0.2) is 53.4 Å². The van der Waals surface area contributed by atoms with Crippen LogP contribution in [0.5, 0.6) is 0 Å². The van der Waals surface area contributed by atoms with Crippen LogP contribution in [0, 0.1) is 5.82 Å². The molecule has 1 atom stereocenters. The van der Waals surface area contributed by atoms with Gasteiger partial charge >= 0.3 is 5.97 Å². The standard InChI is InChI=1S/C20H19FN2O6S/c1-2-29-20(26)13-3-7-15(8-4-13)22-19(25)17-11-12-18(24)23(17)30(27,28)16-9-5-14(21)6-10-16/h3-10,17H,2,11-12H2,1H3,(H,22,25). The summed E-state index contributed by atoms with van der Waals surface area (Å²) >= 11 is 0. The van der Waals surface area contributed by atoms with Gasteiger partial charge < -0.3 is 10.1 Å². The van der Waals surface area contributed by atoms with Crippen molar-refractivity contribution >= 4 is 33.5 Å². The van der Waals surface area contributed by atoms with Crippen molar-refractivity contribution in [1.29, 1.82) is 0 Å². The molecule has 1 fully saturated rings. The lowest BCUT2D eigenvalue weighted by molar-refractivity contribution is -0.128. The summed E-state index contributed by atoms with van der Waals surface area (Å²) in [7, 11) is -4.32. The second-order valence-electron chi connectivity index (χ2n) is 6.49. The first kappa shape index (κ1) is 21.4. The van der Waals surface area contributed by atoms with E-state index in [-0.39, 0.29) is 24.3 Å². The van der Waals surface area contributed by atoms with Gasteiger partial charge in [-0.05, 0) is 61.9 Å². The van der Waals surface area contributed by atoms with Crippen LogP contribution < -0.4 is 5.32 Å². The highest BCUT2D eigenvalue weighted by Gasteiger charge is 2.44. The molecule has 1 N–H and O–H groups in total. The number of carbonyl (C=O) groups is 3. The summed E-state index contributed by atoms with van der Waals surface area (Å²) in [4.78, 5) is 36.4. The summed E-state index contributed by atoms with van der Waals surface area (Å²) in [6.45, 7) is 1.91. The number of hydrogen-bond donors (Lipinski definition) is 1. The van der Waals surface area contributed by atoms with Gasteiger partial charge in [0.15, 0.2) is 0 Å². The number of rotatable bonds is 6. The van der Waals surface area contributed by atoms with E-state index >= 15 is 0 Å². The second-order valence-corrected chi connectivity index (χ2v) is 8.30. The Balaban J connectivity index is 1.79. The molecule has 8 nitrogen and oxygen atoms in total. The molecule has 1 aliphatic heterocycles. The van der Waals surface area contributed by atoms with E-state index in [9.17, 15) is 27.2 Å². The number of nitrogens with zero attached hydrogens (tertiary/aromatic N) is 1. The molecule has 1 aliphatic rings. The van der Waals surface area contributed by atoms with E-state index in [0.717, 1.165) is 24.3 Å². The van der Waals surface area contributed by atoms with Crippen molar-refractivity contribution in [1.82, 2.24) is 4.31 Å². The van der Waals surface area contributed by atoms with E-state index in [1.165, 1.54) is 24.3 Å². The third-order valence-electron chi connectivity index (χ3n) is 4.50. The van der Waals surface area contributed by atoms with E-state index in [1.807, 2.05) is 0 Å². The lowest BCUT2D eigenvalue weighted by Crippen LogP contribution is -2.45. The zero-order valence-electron chi connectivity index (χ0n) is 16.0. The molecule has 2 aromatic carbocycles. The number of sulfonamides is 1. The Bertz CT molecular complexity index is 1070. The van der Waals surface area contributed by atoms with Crippen LogP contribution in [-0.2, 0) is 24.3 Å². The number of anilines is 1. The molecule has 3 rings (SSSR count). The smallest absolute Gasteiger partial charge is 0.338 e. The fraction of sp³-hybridized carbons (Fsp3) is 0.250. The van der Waals surface area contributed by atoms with Crippen molar-refractivity contribution in [2.75, 3.05) is 11.9 Å². The van der Waals surface area contributed by atoms with Gasteiger partial charge in [-0.2, -0.15) is 0 Å². The number of benzene rings is 2. The number of nitrogens with one attached hydrogen (secondary N) is 1. The summed E-state index contributed by atoms with van der Waals surface area (Å²) in [6, 6.07) is 8.64. The Hall–Kier alpha value is -3.27. The first-order valence-electron chi connectivity index (χ1n) is 9.15. The van der Waals surface area contributed by atoms with E-state index in [0.29, 0.717) is 15.6 Å². The topological polar surface area (TPSA) is 110 Å². The highest BCUT2D eigenvalue weighted by molar-refractivity contribution is 7.89. The van der Waals surface area contributed by atoms with Crippen LogP contribution in [0.4, 0.5) is 10.1 Å². The Labute approximate surface area is 172 Å². The number of ether oxygens (including phenoxy) is 1. The summed E-state index contributed by atoms with van der Waals surface area (Å²) in [5.41, 5.74) is 0.623. The van der Waals surface area contributed by atoms with Crippen molar-refractivity contribution in [3.05, 3.63) is 59.9 Å². The molecule has 2 amide bonds. The molecule has 1 unspecified atom stereocenters. The maximum atomic E-state index is 13.1. The van der Waals surface area contributed by atoms with Gasteiger partial charge in [0.1, 0.15) is 11.9 Å². The van der Waals surface area contributed by atoms with E-state index < -0.39 is 39.7 Å². The summed E-state index contributed by atoms with van der Waals surface area (Å²) < 4.78 is 44.3. The van der Waals surface area contributed by atoms with Gasteiger partial charge in [-0.15, -0.1) is 0 Å². The molecule has 1 heterocycles. The molecular weight excluding hydrogens is 415 g/mol. The van der Waals surface area contributed by atoms with E-state index in [1.54, 1.807) is 6.92 Å². The average Bonchev–Trinajstić information content (AvgIpc) is 3.11. The number of halogens is 1. The average molecular weight is 434 g/mol. The molecular formula is C20H19FN2O6S. The molecule has 0 bridgehead atoms. The second kappa shape index (κ2) is 8.62. The minimum Gasteiger partial charge on any atom is -0.462 e. The van der Waals surface area contributed by atoms with Crippen LogP contribution in [0.3, 0.4) is 0 Å². The summed E-state index contributed by atoms with van der Waals surface area (Å²) in [5.74, 6) is -2.52. The highest BCUT2D eigenvalue weighted by atomic mass is 32.2. The van der Waals surface area contributed by atoms with Gasteiger partial charge in [-0.1, -0.05) is 0 Å². The van der Waals surface area contributed by atoms with Crippen LogP contribution in [0.2, 0.25) is 0 Å². The van der Waals surface area contributed by atoms with Gasteiger partial charge in [-0.3, -0.25) is 9.59 Å². The predicted molar refractivity (Wildman–Crippen MR) is 104 cm³/mol. The van der Waals surface area contributed by atoms with Crippen LogP contribution in [0.1, 0.15) is 30.1 Å². The van der Waals surface area contributed by atoms with E-state index in [4.69, 9.17) is 4.74 Å². The van der Waals surface area contributed by atoms with Crippen LogP contribution in [0.25, 0.3) is 0 Å². The fourth-order valence-electron chi connectivity index (χ4n) is 3.05. The molecule has 2 aromatic rings. The number of carbonyl (C=O) groups excluding carboxylic acids is 3. The zero-order chi connectivity index (χ0) is 21.9. The Morgan fingerprint density at radius 2 is 1.77 bits per heavy atom. The largest absolute Gasteiger partial charge is 0.462 e. The normalized spacial score (nSPS) is 16.4. The maximum Gasteiger partial charge on any atom is 0.338 e. The van der Waals surface area contributed by atoms with Crippen molar-refractivity contribution < 1.29 is 31.9 Å². The van der Waals surface area contributed by atoms with E-state index in [2.05, 4.69) is 5.32 Å². The molecule has 0 aromatic heterocycles. The molecule has 1 saturated heterocycles. The summed E-state index contributed by atoms with van der Waals surface area (Å²) in [5, 5.41) is 2.56. The van der Waals surface area contributed by atoms with Gasteiger partial charge in [0.05, 0.1) is 17.1 Å². The maximum absolute atomic E-state index is 13.1.